The van der Waals surface area contributed by atoms with Crippen LogP contribution in [0.4, 0.5) is 4.39 Å². The summed E-state index contributed by atoms with van der Waals surface area (Å²) in [6.45, 7) is 0.384. The van der Waals surface area contributed by atoms with E-state index in [1.165, 1.54) is 25.3 Å². The number of halogens is 1. The molecule has 0 radical (unpaired) electrons. The molecule has 8 heteroatoms. The van der Waals surface area contributed by atoms with E-state index in [4.69, 9.17) is 14.2 Å². The van der Waals surface area contributed by atoms with Gasteiger partial charge in [0.25, 0.3) is 0 Å². The summed E-state index contributed by atoms with van der Waals surface area (Å²) in [5.74, 6) is 6.30. The Balaban J connectivity index is 1.43. The van der Waals surface area contributed by atoms with Crippen molar-refractivity contribution in [2.75, 3.05) is 20.0 Å². The van der Waals surface area contributed by atoms with Gasteiger partial charge in [-0.25, -0.2) is 12.8 Å². The molecule has 0 spiro atoms. The lowest BCUT2D eigenvalue weighted by atomic mass is 9.98. The van der Waals surface area contributed by atoms with Crippen molar-refractivity contribution in [3.63, 3.8) is 0 Å². The zero-order valence-corrected chi connectivity index (χ0v) is 20.0. The minimum Gasteiger partial charge on any atom is -0.492 e. The van der Waals surface area contributed by atoms with E-state index >= 15 is 0 Å². The Hall–Kier alpha value is -3.83. The molecule has 3 aromatic rings. The van der Waals surface area contributed by atoms with E-state index in [1.807, 2.05) is 6.07 Å². The van der Waals surface area contributed by atoms with Gasteiger partial charge in [0.2, 0.25) is 0 Å². The van der Waals surface area contributed by atoms with Crippen molar-refractivity contribution in [3.05, 3.63) is 88.7 Å². The standard InChI is InChI=1S/C27H23FO6S/c1-32-27(29)14-20-16-34-26-15-22(8-11-24(20)26)33-17-21-13-19(7-12-25(21)28)4-3-18-5-9-23(10-6-18)35(2,30)31/h5-13,15,20H,14,16-17H2,1-2H3. The molecule has 4 rings (SSSR count). The summed E-state index contributed by atoms with van der Waals surface area (Å²) in [6.07, 6.45) is 1.39. The highest BCUT2D eigenvalue weighted by Crippen LogP contribution is 2.38. The second-order valence-corrected chi connectivity index (χ2v) is 10.1. The largest absolute Gasteiger partial charge is 0.492 e. The summed E-state index contributed by atoms with van der Waals surface area (Å²) < 4.78 is 53.7. The zero-order chi connectivity index (χ0) is 25.0. The van der Waals surface area contributed by atoms with Gasteiger partial charge in [-0.15, -0.1) is 0 Å². The second kappa shape index (κ2) is 10.2. The van der Waals surface area contributed by atoms with Gasteiger partial charge < -0.3 is 14.2 Å². The number of rotatable bonds is 6. The molecule has 1 unspecified atom stereocenters. The van der Waals surface area contributed by atoms with Gasteiger partial charge in [-0.05, 0) is 48.5 Å². The fourth-order valence-electron chi connectivity index (χ4n) is 3.65. The third-order valence-electron chi connectivity index (χ3n) is 5.58. The van der Waals surface area contributed by atoms with E-state index in [0.29, 0.717) is 34.8 Å². The number of hydrogen-bond donors (Lipinski definition) is 0. The van der Waals surface area contributed by atoms with Gasteiger partial charge >= 0.3 is 5.97 Å². The SMILES string of the molecule is COC(=O)CC1COc2cc(OCc3cc(C#Cc4ccc(S(C)(=O)=O)cc4)ccc3F)ccc21. The Kier molecular flexibility index (Phi) is 7.08. The molecule has 0 bridgehead atoms. The molecule has 6 nitrogen and oxygen atoms in total. The van der Waals surface area contributed by atoms with Crippen LogP contribution < -0.4 is 9.47 Å². The number of sulfone groups is 1. The fraction of sp³-hybridized carbons (Fsp3) is 0.222. The molecule has 1 atom stereocenters. The summed E-state index contributed by atoms with van der Waals surface area (Å²) in [7, 11) is -1.91. The molecule has 0 fully saturated rings. The van der Waals surface area contributed by atoms with Gasteiger partial charge in [0.05, 0.1) is 25.0 Å². The summed E-state index contributed by atoms with van der Waals surface area (Å²) in [4.78, 5) is 11.8. The van der Waals surface area contributed by atoms with E-state index < -0.39 is 15.7 Å². The van der Waals surface area contributed by atoms with Crippen molar-refractivity contribution in [2.45, 2.75) is 23.8 Å². The zero-order valence-electron chi connectivity index (χ0n) is 19.2. The smallest absolute Gasteiger partial charge is 0.306 e. The highest BCUT2D eigenvalue weighted by atomic mass is 32.2. The fourth-order valence-corrected chi connectivity index (χ4v) is 4.28. The normalized spacial score (nSPS) is 14.3. The first kappa shape index (κ1) is 24.3. The minimum atomic E-state index is -3.27. The lowest BCUT2D eigenvalue weighted by molar-refractivity contribution is -0.141. The Morgan fingerprint density at radius 3 is 2.49 bits per heavy atom. The monoisotopic (exact) mass is 494 g/mol. The average Bonchev–Trinajstić information content (AvgIpc) is 3.24. The van der Waals surface area contributed by atoms with Crippen LogP contribution in [-0.4, -0.2) is 34.4 Å². The predicted molar refractivity (Wildman–Crippen MR) is 128 cm³/mol. The van der Waals surface area contributed by atoms with Gasteiger partial charge in [-0.3, -0.25) is 4.79 Å². The number of methoxy groups -OCH3 is 1. The predicted octanol–water partition coefficient (Wildman–Crippen LogP) is 4.25. The van der Waals surface area contributed by atoms with Crippen LogP contribution in [0.5, 0.6) is 11.5 Å². The average molecular weight is 495 g/mol. The van der Waals surface area contributed by atoms with Crippen molar-refractivity contribution in [1.29, 1.82) is 0 Å². The topological polar surface area (TPSA) is 78.9 Å². The van der Waals surface area contributed by atoms with E-state index in [-0.39, 0.29) is 29.8 Å². The molecular formula is C27H23FO6S. The molecule has 1 aliphatic heterocycles. The molecule has 0 N–H and O–H groups in total. The number of fused-ring (bicyclic) bond motifs is 1. The number of esters is 1. The maximum atomic E-state index is 14.4. The molecule has 180 valence electrons. The number of carbonyl (C=O) groups is 1. The first-order chi connectivity index (χ1) is 16.7. The molecule has 3 aromatic carbocycles. The Labute approximate surface area is 203 Å². The molecular weight excluding hydrogens is 471 g/mol. The molecule has 35 heavy (non-hydrogen) atoms. The number of ether oxygens (including phenoxy) is 3. The quantitative estimate of drug-likeness (QED) is 0.377. The van der Waals surface area contributed by atoms with Crippen LogP contribution in [0.2, 0.25) is 0 Å². The van der Waals surface area contributed by atoms with Crippen LogP contribution in [-0.2, 0) is 26.0 Å². The first-order valence-corrected chi connectivity index (χ1v) is 12.7. The maximum absolute atomic E-state index is 14.4. The maximum Gasteiger partial charge on any atom is 0.306 e. The molecule has 0 saturated heterocycles. The van der Waals surface area contributed by atoms with Gasteiger partial charge in [-0.1, -0.05) is 17.9 Å². The van der Waals surface area contributed by atoms with Gasteiger partial charge in [0.15, 0.2) is 9.84 Å². The summed E-state index contributed by atoms with van der Waals surface area (Å²) in [6, 6.07) is 16.1. The highest BCUT2D eigenvalue weighted by Gasteiger charge is 2.27. The molecule has 0 amide bonds. The molecule has 1 aliphatic rings. The van der Waals surface area contributed by atoms with Crippen LogP contribution >= 0.6 is 0 Å². The highest BCUT2D eigenvalue weighted by molar-refractivity contribution is 7.90. The Morgan fingerprint density at radius 1 is 1.06 bits per heavy atom. The van der Waals surface area contributed by atoms with Crippen molar-refractivity contribution >= 4 is 15.8 Å². The molecule has 0 saturated carbocycles. The molecule has 0 aromatic heterocycles. The van der Waals surface area contributed by atoms with Crippen LogP contribution in [0.25, 0.3) is 0 Å². The summed E-state index contributed by atoms with van der Waals surface area (Å²) in [5.41, 5.74) is 2.49. The summed E-state index contributed by atoms with van der Waals surface area (Å²) in [5, 5.41) is 0. The number of carbonyl (C=O) groups excluding carboxylic acids is 1. The lowest BCUT2D eigenvalue weighted by Gasteiger charge is -2.10. The third kappa shape index (κ3) is 6.00. The van der Waals surface area contributed by atoms with Crippen LogP contribution in [0.1, 0.15) is 34.6 Å². The van der Waals surface area contributed by atoms with E-state index in [0.717, 1.165) is 11.8 Å². The van der Waals surface area contributed by atoms with Gasteiger partial charge in [0, 0.05) is 40.5 Å². The second-order valence-electron chi connectivity index (χ2n) is 8.13. The van der Waals surface area contributed by atoms with E-state index in [2.05, 4.69) is 11.8 Å². The minimum absolute atomic E-state index is 0.00517. The van der Waals surface area contributed by atoms with E-state index in [1.54, 1.807) is 36.4 Å². The van der Waals surface area contributed by atoms with Crippen molar-refractivity contribution < 1.29 is 31.8 Å². The molecule has 1 heterocycles. The summed E-state index contributed by atoms with van der Waals surface area (Å²) >= 11 is 0. The third-order valence-corrected chi connectivity index (χ3v) is 6.71. The van der Waals surface area contributed by atoms with Crippen LogP contribution in [0.3, 0.4) is 0 Å². The lowest BCUT2D eigenvalue weighted by Crippen LogP contribution is -2.09. The van der Waals surface area contributed by atoms with Crippen LogP contribution in [0, 0.1) is 17.7 Å². The molecule has 0 aliphatic carbocycles. The van der Waals surface area contributed by atoms with Crippen molar-refractivity contribution in [3.8, 4) is 23.3 Å². The van der Waals surface area contributed by atoms with Crippen molar-refractivity contribution in [2.24, 2.45) is 0 Å². The number of hydrogen-bond acceptors (Lipinski definition) is 6. The first-order valence-electron chi connectivity index (χ1n) is 10.8. The Morgan fingerprint density at radius 2 is 1.77 bits per heavy atom. The van der Waals surface area contributed by atoms with Crippen molar-refractivity contribution in [1.82, 2.24) is 0 Å². The van der Waals surface area contributed by atoms with Gasteiger partial charge in [0.1, 0.15) is 23.9 Å². The number of benzene rings is 3. The Bertz CT molecular complexity index is 1420. The van der Waals surface area contributed by atoms with E-state index in [9.17, 15) is 17.6 Å². The van der Waals surface area contributed by atoms with Crippen LogP contribution in [0.15, 0.2) is 65.6 Å². The van der Waals surface area contributed by atoms with Gasteiger partial charge in [-0.2, -0.15) is 0 Å².